The van der Waals surface area contributed by atoms with Crippen molar-refractivity contribution in [1.29, 1.82) is 0 Å². The van der Waals surface area contributed by atoms with E-state index in [2.05, 4.69) is 66.6 Å². The second kappa shape index (κ2) is 11.7. The summed E-state index contributed by atoms with van der Waals surface area (Å²) in [6.45, 7) is 11.5. The van der Waals surface area contributed by atoms with Crippen LogP contribution >= 0.6 is 24.0 Å². The van der Waals surface area contributed by atoms with Gasteiger partial charge in [0.25, 0.3) is 0 Å². The first kappa shape index (κ1) is 21.2. The zero-order chi connectivity index (χ0) is 16.5. The van der Waals surface area contributed by atoms with Crippen LogP contribution in [-0.4, -0.2) is 49.6 Å². The Morgan fingerprint density at radius 1 is 1.21 bits per heavy atom. The smallest absolute Gasteiger partial charge is 0.191 e. The van der Waals surface area contributed by atoms with E-state index < -0.39 is 0 Å². The van der Waals surface area contributed by atoms with Gasteiger partial charge in [0, 0.05) is 38.1 Å². The summed E-state index contributed by atoms with van der Waals surface area (Å²) in [5.74, 6) is 1.37. The quantitative estimate of drug-likeness (QED) is 0.348. The number of nitrogens with zero attached hydrogens (tertiary/aromatic N) is 2. The number of rotatable bonds is 9. The molecule has 24 heavy (non-hydrogen) atoms. The minimum absolute atomic E-state index is 0. The lowest BCUT2D eigenvalue weighted by Crippen LogP contribution is -2.42. The van der Waals surface area contributed by atoms with Crippen molar-refractivity contribution < 1.29 is 0 Å². The number of hydrogen-bond acceptors (Lipinski definition) is 2. The fourth-order valence-corrected chi connectivity index (χ4v) is 2.81. The molecule has 1 aliphatic rings. The Balaban J connectivity index is 0.00000288. The zero-order valence-corrected chi connectivity index (χ0v) is 17.6. The van der Waals surface area contributed by atoms with Gasteiger partial charge in [-0.15, -0.1) is 24.0 Å². The number of guanidine groups is 1. The monoisotopic (exact) mass is 444 g/mol. The molecule has 4 nitrogen and oxygen atoms in total. The molecular formula is C19H33IN4. The summed E-state index contributed by atoms with van der Waals surface area (Å²) < 4.78 is 0. The van der Waals surface area contributed by atoms with Crippen LogP contribution < -0.4 is 10.6 Å². The summed E-state index contributed by atoms with van der Waals surface area (Å²) in [4.78, 5) is 7.31. The number of benzene rings is 1. The minimum atomic E-state index is 0. The highest BCUT2D eigenvalue weighted by molar-refractivity contribution is 14.0. The maximum absolute atomic E-state index is 4.75. The largest absolute Gasteiger partial charge is 0.357 e. The molecule has 1 fully saturated rings. The van der Waals surface area contributed by atoms with Gasteiger partial charge in [0.2, 0.25) is 0 Å². The highest BCUT2D eigenvalue weighted by Gasteiger charge is 2.27. The van der Waals surface area contributed by atoms with Crippen LogP contribution in [0.4, 0.5) is 0 Å². The molecule has 0 saturated heterocycles. The van der Waals surface area contributed by atoms with E-state index in [4.69, 9.17) is 4.99 Å². The summed E-state index contributed by atoms with van der Waals surface area (Å²) in [6.07, 6.45) is 2.74. The van der Waals surface area contributed by atoms with Crippen LogP contribution in [-0.2, 0) is 0 Å². The number of likely N-dealkylation sites (N-methyl/N-ethyl adjacent to an activating group) is 1. The second-order valence-electron chi connectivity index (χ2n) is 6.32. The molecular weight excluding hydrogens is 411 g/mol. The molecule has 0 aliphatic heterocycles. The van der Waals surface area contributed by atoms with Gasteiger partial charge < -0.3 is 10.6 Å². The number of hydrogen-bond donors (Lipinski definition) is 2. The molecule has 1 aromatic carbocycles. The van der Waals surface area contributed by atoms with Gasteiger partial charge in [-0.3, -0.25) is 9.89 Å². The second-order valence-corrected chi connectivity index (χ2v) is 6.32. The van der Waals surface area contributed by atoms with Crippen LogP contribution in [0.1, 0.15) is 45.1 Å². The summed E-state index contributed by atoms with van der Waals surface area (Å²) >= 11 is 0. The average Bonchev–Trinajstić information content (AvgIpc) is 3.42. The van der Waals surface area contributed by atoms with Gasteiger partial charge in [-0.2, -0.15) is 0 Å². The van der Waals surface area contributed by atoms with Gasteiger partial charge >= 0.3 is 0 Å². The van der Waals surface area contributed by atoms with E-state index >= 15 is 0 Å². The lowest BCUT2D eigenvalue weighted by molar-refractivity contribution is 0.282. The Morgan fingerprint density at radius 2 is 1.92 bits per heavy atom. The van der Waals surface area contributed by atoms with E-state index in [0.29, 0.717) is 5.92 Å². The molecule has 1 aliphatic carbocycles. The molecule has 1 unspecified atom stereocenters. The van der Waals surface area contributed by atoms with E-state index in [0.717, 1.165) is 44.7 Å². The Labute approximate surface area is 164 Å². The number of halogens is 1. The molecule has 5 heteroatoms. The normalized spacial score (nSPS) is 15.8. The molecule has 1 aromatic rings. The Hall–Kier alpha value is -0.820. The Kier molecular flexibility index (Phi) is 10.3. The molecule has 136 valence electrons. The third-order valence-corrected chi connectivity index (χ3v) is 4.40. The van der Waals surface area contributed by atoms with Crippen LogP contribution in [0.5, 0.6) is 0 Å². The molecule has 2 rings (SSSR count). The first-order valence-electron chi connectivity index (χ1n) is 9.05. The Morgan fingerprint density at radius 3 is 2.50 bits per heavy atom. The van der Waals surface area contributed by atoms with Crippen molar-refractivity contribution in [1.82, 2.24) is 15.5 Å². The maximum Gasteiger partial charge on any atom is 0.191 e. The van der Waals surface area contributed by atoms with Gasteiger partial charge in [-0.05, 0) is 31.9 Å². The maximum atomic E-state index is 4.75. The van der Waals surface area contributed by atoms with Crippen molar-refractivity contribution in [3.63, 3.8) is 0 Å². The van der Waals surface area contributed by atoms with Crippen molar-refractivity contribution >= 4 is 29.9 Å². The molecule has 1 atom stereocenters. The first-order valence-corrected chi connectivity index (χ1v) is 9.05. The molecule has 0 amide bonds. The molecule has 0 radical (unpaired) electrons. The number of nitrogens with one attached hydrogen (secondary N) is 2. The highest BCUT2D eigenvalue weighted by atomic mass is 127. The lowest BCUT2D eigenvalue weighted by Gasteiger charge is -2.21. The molecule has 0 heterocycles. The lowest BCUT2D eigenvalue weighted by atomic mass is 10.0. The number of aliphatic imine (C=N–C) groups is 1. The summed E-state index contributed by atoms with van der Waals surface area (Å²) in [6, 6.07) is 11.4. The summed E-state index contributed by atoms with van der Waals surface area (Å²) in [7, 11) is 0. The summed E-state index contributed by atoms with van der Waals surface area (Å²) in [5, 5.41) is 6.82. The van der Waals surface area contributed by atoms with Crippen molar-refractivity contribution in [3.8, 4) is 0 Å². The predicted octanol–water partition coefficient (Wildman–Crippen LogP) is 3.45. The highest BCUT2D eigenvalue weighted by Crippen LogP contribution is 2.25. The predicted molar refractivity (Wildman–Crippen MR) is 115 cm³/mol. The van der Waals surface area contributed by atoms with Crippen molar-refractivity contribution in [2.24, 2.45) is 4.99 Å². The topological polar surface area (TPSA) is 39.7 Å². The van der Waals surface area contributed by atoms with Crippen molar-refractivity contribution in [2.45, 2.75) is 45.6 Å². The van der Waals surface area contributed by atoms with Crippen LogP contribution in [0.3, 0.4) is 0 Å². The van der Waals surface area contributed by atoms with E-state index in [1.807, 2.05) is 0 Å². The standard InChI is InChI=1S/C19H32N4.HI/c1-4-20-19(21-13-14-23(5-2)18-11-12-18)22-15-16(3)17-9-7-6-8-10-17;/h6-10,16,18H,4-5,11-15H2,1-3H3,(H2,20,21,22);1H. The fourth-order valence-electron chi connectivity index (χ4n) is 2.81. The molecule has 0 spiro atoms. The van der Waals surface area contributed by atoms with E-state index in [9.17, 15) is 0 Å². The Bertz CT molecular complexity index is 474. The van der Waals surface area contributed by atoms with Gasteiger partial charge in [0.05, 0.1) is 0 Å². The SMILES string of the molecule is CCNC(=NCC(C)c1ccccc1)NCCN(CC)C1CC1.I. The third-order valence-electron chi connectivity index (χ3n) is 4.40. The fraction of sp³-hybridized carbons (Fsp3) is 0.632. The van der Waals surface area contributed by atoms with Gasteiger partial charge in [-0.25, -0.2) is 0 Å². The molecule has 0 aromatic heterocycles. The van der Waals surface area contributed by atoms with E-state index in [-0.39, 0.29) is 24.0 Å². The van der Waals surface area contributed by atoms with Crippen molar-refractivity contribution in [2.75, 3.05) is 32.7 Å². The van der Waals surface area contributed by atoms with Gasteiger partial charge in [0.15, 0.2) is 5.96 Å². The van der Waals surface area contributed by atoms with Gasteiger partial charge in [0.1, 0.15) is 0 Å². The summed E-state index contributed by atoms with van der Waals surface area (Å²) in [5.41, 5.74) is 1.35. The third kappa shape index (κ3) is 7.38. The minimum Gasteiger partial charge on any atom is -0.357 e. The van der Waals surface area contributed by atoms with Gasteiger partial charge in [-0.1, -0.05) is 44.2 Å². The van der Waals surface area contributed by atoms with E-state index in [1.165, 1.54) is 18.4 Å². The van der Waals surface area contributed by atoms with Crippen LogP contribution in [0.15, 0.2) is 35.3 Å². The zero-order valence-electron chi connectivity index (χ0n) is 15.3. The van der Waals surface area contributed by atoms with Crippen LogP contribution in [0, 0.1) is 0 Å². The van der Waals surface area contributed by atoms with Crippen LogP contribution in [0.2, 0.25) is 0 Å². The van der Waals surface area contributed by atoms with E-state index in [1.54, 1.807) is 0 Å². The average molecular weight is 444 g/mol. The molecule has 2 N–H and O–H groups in total. The molecule has 0 bridgehead atoms. The molecule has 1 saturated carbocycles. The van der Waals surface area contributed by atoms with Crippen molar-refractivity contribution in [3.05, 3.63) is 35.9 Å². The first-order chi connectivity index (χ1) is 11.2. The van der Waals surface area contributed by atoms with Crippen LogP contribution in [0.25, 0.3) is 0 Å².